The first kappa shape index (κ1) is 14.0. The van der Waals surface area contributed by atoms with Gasteiger partial charge < -0.3 is 5.32 Å². The summed E-state index contributed by atoms with van der Waals surface area (Å²) in [5, 5.41) is 17.5. The van der Waals surface area contributed by atoms with Gasteiger partial charge in [0, 0.05) is 24.0 Å². The zero-order chi connectivity index (χ0) is 15.4. The number of H-pyrrole nitrogens is 1. The van der Waals surface area contributed by atoms with Gasteiger partial charge in [-0.2, -0.15) is 20.5 Å². The van der Waals surface area contributed by atoms with E-state index >= 15 is 0 Å². The molecule has 7 heteroatoms. The molecule has 0 fully saturated rings. The second-order valence-corrected chi connectivity index (χ2v) is 4.84. The lowest BCUT2D eigenvalue weighted by Crippen LogP contribution is -2.28. The SMILES string of the molecule is Cc1ccnn1CCNC(=O)c1n[nH]nc1-c1ccccc1. The summed E-state index contributed by atoms with van der Waals surface area (Å²) in [5.41, 5.74) is 2.75. The summed E-state index contributed by atoms with van der Waals surface area (Å²) >= 11 is 0. The van der Waals surface area contributed by atoms with Crippen LogP contribution in [0.4, 0.5) is 0 Å². The monoisotopic (exact) mass is 296 g/mol. The van der Waals surface area contributed by atoms with Crippen molar-refractivity contribution in [2.24, 2.45) is 0 Å². The van der Waals surface area contributed by atoms with E-state index in [-0.39, 0.29) is 5.91 Å². The number of rotatable bonds is 5. The van der Waals surface area contributed by atoms with Crippen LogP contribution in [0.25, 0.3) is 11.3 Å². The topological polar surface area (TPSA) is 88.5 Å². The van der Waals surface area contributed by atoms with Crippen molar-refractivity contribution in [3.63, 3.8) is 0 Å². The fourth-order valence-corrected chi connectivity index (χ4v) is 2.18. The number of aromatic amines is 1. The molecule has 0 aliphatic carbocycles. The molecule has 7 nitrogen and oxygen atoms in total. The van der Waals surface area contributed by atoms with Gasteiger partial charge in [0.15, 0.2) is 5.69 Å². The molecule has 0 atom stereocenters. The van der Waals surface area contributed by atoms with Gasteiger partial charge in [0.25, 0.3) is 5.91 Å². The van der Waals surface area contributed by atoms with Crippen LogP contribution in [0.15, 0.2) is 42.6 Å². The van der Waals surface area contributed by atoms with Crippen LogP contribution in [0.3, 0.4) is 0 Å². The number of amides is 1. The third kappa shape index (κ3) is 2.88. The van der Waals surface area contributed by atoms with Crippen LogP contribution in [-0.4, -0.2) is 37.6 Å². The molecule has 0 spiro atoms. The van der Waals surface area contributed by atoms with E-state index < -0.39 is 0 Å². The number of hydrogen-bond donors (Lipinski definition) is 2. The fourth-order valence-electron chi connectivity index (χ4n) is 2.18. The quantitative estimate of drug-likeness (QED) is 0.745. The molecule has 0 radical (unpaired) electrons. The summed E-state index contributed by atoms with van der Waals surface area (Å²) in [6.45, 7) is 3.06. The number of carbonyl (C=O) groups is 1. The molecule has 0 bridgehead atoms. The molecule has 1 aromatic carbocycles. The smallest absolute Gasteiger partial charge is 0.274 e. The number of aromatic nitrogens is 5. The Morgan fingerprint density at radius 2 is 2.05 bits per heavy atom. The Morgan fingerprint density at radius 1 is 1.23 bits per heavy atom. The lowest BCUT2D eigenvalue weighted by molar-refractivity contribution is 0.0947. The number of nitrogens with one attached hydrogen (secondary N) is 2. The maximum atomic E-state index is 12.3. The summed E-state index contributed by atoms with van der Waals surface area (Å²) in [6, 6.07) is 11.4. The highest BCUT2D eigenvalue weighted by Crippen LogP contribution is 2.18. The van der Waals surface area contributed by atoms with Gasteiger partial charge in [-0.1, -0.05) is 30.3 Å². The van der Waals surface area contributed by atoms with E-state index in [9.17, 15) is 4.79 Å². The number of hydrogen-bond acceptors (Lipinski definition) is 4. The lowest BCUT2D eigenvalue weighted by Gasteiger charge is -2.06. The molecule has 0 saturated heterocycles. The average molecular weight is 296 g/mol. The highest BCUT2D eigenvalue weighted by atomic mass is 16.2. The lowest BCUT2D eigenvalue weighted by atomic mass is 10.1. The van der Waals surface area contributed by atoms with Crippen LogP contribution in [0.5, 0.6) is 0 Å². The first-order valence-electron chi connectivity index (χ1n) is 6.98. The Kier molecular flexibility index (Phi) is 3.95. The van der Waals surface area contributed by atoms with Crippen LogP contribution in [0.1, 0.15) is 16.2 Å². The van der Waals surface area contributed by atoms with E-state index in [1.807, 2.05) is 48.0 Å². The summed E-state index contributed by atoms with van der Waals surface area (Å²) in [7, 11) is 0. The summed E-state index contributed by atoms with van der Waals surface area (Å²) in [4.78, 5) is 12.3. The van der Waals surface area contributed by atoms with E-state index in [0.29, 0.717) is 24.5 Å². The van der Waals surface area contributed by atoms with Crippen LogP contribution < -0.4 is 5.32 Å². The van der Waals surface area contributed by atoms with Crippen molar-refractivity contribution < 1.29 is 4.79 Å². The van der Waals surface area contributed by atoms with Crippen molar-refractivity contribution in [2.75, 3.05) is 6.54 Å². The van der Waals surface area contributed by atoms with Crippen LogP contribution in [0.2, 0.25) is 0 Å². The molecular formula is C15H16N6O. The zero-order valence-corrected chi connectivity index (χ0v) is 12.2. The van der Waals surface area contributed by atoms with Crippen LogP contribution in [0, 0.1) is 6.92 Å². The maximum Gasteiger partial charge on any atom is 0.274 e. The van der Waals surface area contributed by atoms with Crippen molar-refractivity contribution >= 4 is 5.91 Å². The van der Waals surface area contributed by atoms with Crippen molar-refractivity contribution in [2.45, 2.75) is 13.5 Å². The Labute approximate surface area is 127 Å². The molecule has 0 aliphatic heterocycles. The normalized spacial score (nSPS) is 10.6. The Hall–Kier alpha value is -2.96. The first-order chi connectivity index (χ1) is 10.8. The number of carbonyl (C=O) groups excluding carboxylic acids is 1. The molecule has 2 aromatic heterocycles. The second kappa shape index (κ2) is 6.21. The van der Waals surface area contributed by atoms with Gasteiger partial charge in [-0.3, -0.25) is 9.48 Å². The molecule has 2 heterocycles. The molecule has 0 unspecified atom stereocenters. The molecule has 0 saturated carbocycles. The molecule has 0 aliphatic rings. The third-order valence-electron chi connectivity index (χ3n) is 3.35. The van der Waals surface area contributed by atoms with E-state index in [4.69, 9.17) is 0 Å². The summed E-state index contributed by atoms with van der Waals surface area (Å²) < 4.78 is 1.83. The van der Waals surface area contributed by atoms with Gasteiger partial charge in [0.2, 0.25) is 0 Å². The highest BCUT2D eigenvalue weighted by molar-refractivity contribution is 5.97. The van der Waals surface area contributed by atoms with E-state index in [1.54, 1.807) is 6.20 Å². The first-order valence-corrected chi connectivity index (χ1v) is 6.98. The third-order valence-corrected chi connectivity index (χ3v) is 3.35. The van der Waals surface area contributed by atoms with Crippen molar-refractivity contribution in [1.29, 1.82) is 0 Å². The maximum absolute atomic E-state index is 12.3. The minimum atomic E-state index is -0.252. The number of nitrogens with zero attached hydrogens (tertiary/aromatic N) is 4. The summed E-state index contributed by atoms with van der Waals surface area (Å²) in [6.07, 6.45) is 1.74. The Bertz CT molecular complexity index is 761. The van der Waals surface area contributed by atoms with Gasteiger partial charge >= 0.3 is 0 Å². The standard InChI is InChI=1S/C15H16N6O/c1-11-7-8-17-21(11)10-9-16-15(22)14-13(18-20-19-14)12-5-3-2-4-6-12/h2-8H,9-10H2,1H3,(H,16,22)(H,18,19,20). The molecule has 2 N–H and O–H groups in total. The molecule has 1 amide bonds. The van der Waals surface area contributed by atoms with E-state index in [2.05, 4.69) is 25.8 Å². The van der Waals surface area contributed by atoms with Gasteiger partial charge in [0.05, 0.1) is 6.54 Å². The van der Waals surface area contributed by atoms with Crippen molar-refractivity contribution in [1.82, 2.24) is 30.5 Å². The van der Waals surface area contributed by atoms with Gasteiger partial charge in [-0.05, 0) is 13.0 Å². The molecule has 112 valence electrons. The van der Waals surface area contributed by atoms with Crippen LogP contribution in [-0.2, 0) is 6.54 Å². The predicted octanol–water partition coefficient (Wildman–Crippen LogP) is 1.41. The minimum Gasteiger partial charge on any atom is -0.349 e. The average Bonchev–Trinajstić information content (AvgIpc) is 3.17. The second-order valence-electron chi connectivity index (χ2n) is 4.84. The number of aryl methyl sites for hydroxylation is 1. The molecule has 3 aromatic rings. The van der Waals surface area contributed by atoms with Crippen molar-refractivity contribution in [3.05, 3.63) is 54.0 Å². The fraction of sp³-hybridized carbons (Fsp3) is 0.200. The Morgan fingerprint density at radius 3 is 2.77 bits per heavy atom. The number of benzene rings is 1. The minimum absolute atomic E-state index is 0.252. The largest absolute Gasteiger partial charge is 0.349 e. The summed E-state index contributed by atoms with van der Waals surface area (Å²) in [5.74, 6) is -0.252. The van der Waals surface area contributed by atoms with E-state index in [1.165, 1.54) is 0 Å². The van der Waals surface area contributed by atoms with Crippen molar-refractivity contribution in [3.8, 4) is 11.3 Å². The van der Waals surface area contributed by atoms with Gasteiger partial charge in [0.1, 0.15) is 5.69 Å². The van der Waals surface area contributed by atoms with Gasteiger partial charge in [-0.15, -0.1) is 0 Å². The zero-order valence-electron chi connectivity index (χ0n) is 12.2. The Balaban J connectivity index is 1.66. The van der Waals surface area contributed by atoms with Gasteiger partial charge in [-0.25, -0.2) is 0 Å². The van der Waals surface area contributed by atoms with Crippen LogP contribution >= 0.6 is 0 Å². The molecular weight excluding hydrogens is 280 g/mol. The highest BCUT2D eigenvalue weighted by Gasteiger charge is 2.17. The molecule has 3 rings (SSSR count). The predicted molar refractivity (Wildman–Crippen MR) is 81.1 cm³/mol. The van der Waals surface area contributed by atoms with E-state index in [0.717, 1.165) is 11.3 Å². The molecule has 22 heavy (non-hydrogen) atoms.